The van der Waals surface area contributed by atoms with Crippen molar-refractivity contribution in [2.24, 2.45) is 0 Å². The molecule has 0 bridgehead atoms. The molecular formula is C14H14N4. The highest BCUT2D eigenvalue weighted by Gasteiger charge is 2.04. The van der Waals surface area contributed by atoms with Gasteiger partial charge in [0.25, 0.3) is 0 Å². The summed E-state index contributed by atoms with van der Waals surface area (Å²) in [6.07, 6.45) is 1.69. The summed E-state index contributed by atoms with van der Waals surface area (Å²) in [7, 11) is 1.95. The van der Waals surface area contributed by atoms with E-state index in [0.717, 1.165) is 11.4 Å². The monoisotopic (exact) mass is 238 g/mol. The summed E-state index contributed by atoms with van der Waals surface area (Å²) >= 11 is 0. The van der Waals surface area contributed by atoms with Crippen LogP contribution in [0, 0.1) is 11.3 Å². The van der Waals surface area contributed by atoms with Crippen molar-refractivity contribution in [3.63, 3.8) is 0 Å². The number of anilines is 2. The quantitative estimate of drug-likeness (QED) is 0.890. The van der Waals surface area contributed by atoms with Crippen LogP contribution in [0.5, 0.6) is 0 Å². The lowest BCUT2D eigenvalue weighted by Gasteiger charge is -2.18. The molecule has 0 amide bonds. The minimum atomic E-state index is 0.668. The fraction of sp³-hybridized carbons (Fsp3) is 0.143. The molecule has 1 heterocycles. The zero-order valence-electron chi connectivity index (χ0n) is 10.2. The molecule has 2 aromatic rings. The highest BCUT2D eigenvalue weighted by molar-refractivity contribution is 5.50. The Morgan fingerprint density at radius 1 is 1.33 bits per heavy atom. The van der Waals surface area contributed by atoms with E-state index in [1.54, 1.807) is 18.3 Å². The first-order valence-electron chi connectivity index (χ1n) is 5.61. The molecule has 4 heteroatoms. The summed E-state index contributed by atoms with van der Waals surface area (Å²) < 4.78 is 0. The van der Waals surface area contributed by atoms with E-state index >= 15 is 0 Å². The van der Waals surface area contributed by atoms with Gasteiger partial charge in [0.1, 0.15) is 5.82 Å². The number of hydrogen-bond donors (Lipinski definition) is 1. The van der Waals surface area contributed by atoms with Gasteiger partial charge in [-0.15, -0.1) is 0 Å². The van der Waals surface area contributed by atoms with Crippen molar-refractivity contribution in [3.8, 4) is 6.07 Å². The van der Waals surface area contributed by atoms with Crippen LogP contribution in [0.4, 0.5) is 11.5 Å². The molecule has 4 nitrogen and oxygen atoms in total. The van der Waals surface area contributed by atoms with E-state index in [0.29, 0.717) is 17.8 Å². The summed E-state index contributed by atoms with van der Waals surface area (Å²) in [5.74, 6) is 0.817. The number of nitrogen functional groups attached to an aromatic ring is 1. The lowest BCUT2D eigenvalue weighted by atomic mass is 10.1. The standard InChI is InChI=1S/C14H14N4/c1-18(14-8-13(16)5-6-17-14)10-12-4-2-3-11(7-12)9-15/h2-8H,10H2,1H3,(H2,16,17). The summed E-state index contributed by atoms with van der Waals surface area (Å²) in [5.41, 5.74) is 8.16. The van der Waals surface area contributed by atoms with Gasteiger partial charge in [0.15, 0.2) is 0 Å². The minimum absolute atomic E-state index is 0.668. The summed E-state index contributed by atoms with van der Waals surface area (Å²) in [4.78, 5) is 6.25. The maximum absolute atomic E-state index is 8.86. The molecule has 0 radical (unpaired) electrons. The fourth-order valence-electron chi connectivity index (χ4n) is 1.74. The number of aromatic nitrogens is 1. The van der Waals surface area contributed by atoms with Crippen LogP contribution in [0.1, 0.15) is 11.1 Å². The van der Waals surface area contributed by atoms with E-state index in [1.807, 2.05) is 36.2 Å². The molecule has 0 atom stereocenters. The van der Waals surface area contributed by atoms with E-state index in [9.17, 15) is 0 Å². The summed E-state index contributed by atoms with van der Waals surface area (Å²) in [5, 5.41) is 8.86. The second-order valence-electron chi connectivity index (χ2n) is 4.12. The average molecular weight is 238 g/mol. The first-order valence-corrected chi connectivity index (χ1v) is 5.61. The Morgan fingerprint density at radius 2 is 2.17 bits per heavy atom. The predicted octanol–water partition coefficient (Wildman–Crippen LogP) is 2.17. The lowest BCUT2D eigenvalue weighted by Crippen LogP contribution is -2.17. The van der Waals surface area contributed by atoms with E-state index in [1.165, 1.54) is 0 Å². The highest BCUT2D eigenvalue weighted by atomic mass is 15.2. The molecule has 2 rings (SSSR count). The van der Waals surface area contributed by atoms with Gasteiger partial charge in [0.05, 0.1) is 11.6 Å². The number of hydrogen-bond acceptors (Lipinski definition) is 4. The summed E-state index contributed by atoms with van der Waals surface area (Å²) in [6.45, 7) is 0.686. The molecule has 0 unspecified atom stereocenters. The zero-order valence-corrected chi connectivity index (χ0v) is 10.2. The van der Waals surface area contributed by atoms with Gasteiger partial charge in [-0.1, -0.05) is 12.1 Å². The second-order valence-corrected chi connectivity index (χ2v) is 4.12. The van der Waals surface area contributed by atoms with E-state index in [2.05, 4.69) is 11.1 Å². The number of rotatable bonds is 3. The first-order chi connectivity index (χ1) is 8.69. The van der Waals surface area contributed by atoms with Crippen molar-refractivity contribution in [2.75, 3.05) is 17.7 Å². The Bertz CT molecular complexity index is 586. The topological polar surface area (TPSA) is 65.9 Å². The molecule has 90 valence electrons. The van der Waals surface area contributed by atoms with Crippen LogP contribution >= 0.6 is 0 Å². The Labute approximate surface area is 106 Å². The van der Waals surface area contributed by atoms with Crippen molar-refractivity contribution in [3.05, 3.63) is 53.7 Å². The fourth-order valence-corrected chi connectivity index (χ4v) is 1.74. The first kappa shape index (κ1) is 11.9. The molecule has 2 N–H and O–H groups in total. The zero-order chi connectivity index (χ0) is 13.0. The minimum Gasteiger partial charge on any atom is -0.399 e. The van der Waals surface area contributed by atoms with Crippen LogP contribution in [-0.2, 0) is 6.54 Å². The Hall–Kier alpha value is -2.54. The number of nitrogens with two attached hydrogens (primary N) is 1. The molecule has 0 saturated carbocycles. The van der Waals surface area contributed by atoms with Crippen LogP contribution < -0.4 is 10.6 Å². The van der Waals surface area contributed by atoms with Gasteiger partial charge in [-0.2, -0.15) is 5.26 Å². The molecule has 0 aliphatic carbocycles. The van der Waals surface area contributed by atoms with Crippen LogP contribution in [0.15, 0.2) is 42.6 Å². The normalized spacial score (nSPS) is 9.78. The number of nitrogens with zero attached hydrogens (tertiary/aromatic N) is 3. The van der Waals surface area contributed by atoms with Crippen molar-refractivity contribution in [1.82, 2.24) is 4.98 Å². The van der Waals surface area contributed by atoms with Crippen molar-refractivity contribution in [2.45, 2.75) is 6.54 Å². The maximum atomic E-state index is 8.86. The SMILES string of the molecule is CN(Cc1cccc(C#N)c1)c1cc(N)ccn1. The van der Waals surface area contributed by atoms with Gasteiger partial charge in [-0.3, -0.25) is 0 Å². The van der Waals surface area contributed by atoms with Crippen molar-refractivity contribution < 1.29 is 0 Å². The third-order valence-corrected chi connectivity index (χ3v) is 2.64. The maximum Gasteiger partial charge on any atom is 0.130 e. The van der Waals surface area contributed by atoms with Gasteiger partial charge in [0.2, 0.25) is 0 Å². The predicted molar refractivity (Wildman–Crippen MR) is 71.9 cm³/mol. The Balaban J connectivity index is 2.16. The molecule has 18 heavy (non-hydrogen) atoms. The molecule has 1 aromatic heterocycles. The molecule has 0 fully saturated rings. The van der Waals surface area contributed by atoms with Crippen molar-refractivity contribution in [1.29, 1.82) is 5.26 Å². The van der Waals surface area contributed by atoms with Gasteiger partial charge in [-0.05, 0) is 23.8 Å². The lowest BCUT2D eigenvalue weighted by molar-refractivity contribution is 0.898. The number of nitriles is 1. The highest BCUT2D eigenvalue weighted by Crippen LogP contribution is 2.15. The van der Waals surface area contributed by atoms with E-state index in [-0.39, 0.29) is 0 Å². The molecule has 0 aliphatic heterocycles. The van der Waals surface area contributed by atoms with Crippen LogP contribution in [0.2, 0.25) is 0 Å². The molecule has 0 spiro atoms. The van der Waals surface area contributed by atoms with Gasteiger partial charge >= 0.3 is 0 Å². The molecule has 0 saturated heterocycles. The number of benzene rings is 1. The van der Waals surface area contributed by atoms with Gasteiger partial charge in [-0.25, -0.2) is 4.98 Å². The van der Waals surface area contributed by atoms with Gasteiger partial charge in [0, 0.05) is 31.5 Å². The van der Waals surface area contributed by atoms with Crippen LogP contribution in [0.3, 0.4) is 0 Å². The molecule has 0 aliphatic rings. The van der Waals surface area contributed by atoms with Gasteiger partial charge < -0.3 is 10.6 Å². The largest absolute Gasteiger partial charge is 0.399 e. The molecular weight excluding hydrogens is 224 g/mol. The second kappa shape index (κ2) is 5.19. The van der Waals surface area contributed by atoms with E-state index in [4.69, 9.17) is 11.0 Å². The third-order valence-electron chi connectivity index (χ3n) is 2.64. The summed E-state index contributed by atoms with van der Waals surface area (Å²) in [6, 6.07) is 13.3. The number of pyridine rings is 1. The Morgan fingerprint density at radius 3 is 2.89 bits per heavy atom. The smallest absolute Gasteiger partial charge is 0.130 e. The Kier molecular flexibility index (Phi) is 3.44. The third kappa shape index (κ3) is 2.77. The molecule has 1 aromatic carbocycles. The van der Waals surface area contributed by atoms with E-state index < -0.39 is 0 Å². The van der Waals surface area contributed by atoms with Crippen LogP contribution in [-0.4, -0.2) is 12.0 Å². The van der Waals surface area contributed by atoms with Crippen LogP contribution in [0.25, 0.3) is 0 Å². The average Bonchev–Trinajstić information content (AvgIpc) is 2.39. The van der Waals surface area contributed by atoms with Crippen molar-refractivity contribution >= 4 is 11.5 Å².